The minimum Gasteiger partial charge on any atom is -0.478 e. The van der Waals surface area contributed by atoms with E-state index in [4.69, 9.17) is 5.11 Å². The van der Waals surface area contributed by atoms with Crippen LogP contribution >= 0.6 is 15.9 Å². The molecule has 0 saturated carbocycles. The van der Waals surface area contributed by atoms with Gasteiger partial charge in [-0.2, -0.15) is 0 Å². The molecule has 0 amide bonds. The van der Waals surface area contributed by atoms with Gasteiger partial charge in [0.2, 0.25) is 0 Å². The fraction of sp³-hybridized carbons (Fsp3) is 0. The molecule has 6 nitrogen and oxygen atoms in total. The van der Waals surface area contributed by atoms with E-state index in [2.05, 4.69) is 25.6 Å². The highest BCUT2D eigenvalue weighted by atomic mass is 79.9. The van der Waals surface area contributed by atoms with Gasteiger partial charge in [0.05, 0.1) is 17.4 Å². The summed E-state index contributed by atoms with van der Waals surface area (Å²) in [6.07, 6.45) is 2.12. The first-order chi connectivity index (χ1) is 9.81. The molecule has 1 aromatic heterocycles. The number of nitrogens with zero attached hydrogens (tertiary/aromatic N) is 1. The number of carbonyl (C=O) groups is 1. The molecule has 1 heterocycles. The number of rotatable bonds is 4. The van der Waals surface area contributed by atoms with E-state index >= 15 is 0 Å². The van der Waals surface area contributed by atoms with Crippen LogP contribution in [0.4, 0.5) is 10.1 Å². The number of carboxylic acid groups (broad SMARTS) is 1. The number of benzene rings is 1. The molecule has 0 unspecified atom stereocenters. The first kappa shape index (κ1) is 15.4. The maximum atomic E-state index is 13.4. The third-order valence-corrected chi connectivity index (χ3v) is 4.83. The number of halogens is 2. The number of carboxylic acids is 1. The predicted octanol–water partition coefficient (Wildman–Crippen LogP) is 2.48. The van der Waals surface area contributed by atoms with E-state index in [0.717, 1.165) is 24.4 Å². The lowest BCUT2D eigenvalue weighted by atomic mass is 10.2. The molecule has 2 aromatic rings. The summed E-state index contributed by atoms with van der Waals surface area (Å²) in [6.45, 7) is 0. The van der Waals surface area contributed by atoms with Crippen LogP contribution in [-0.2, 0) is 10.0 Å². The van der Waals surface area contributed by atoms with Crippen LogP contribution in [0.25, 0.3) is 0 Å². The Morgan fingerprint density at radius 2 is 2.05 bits per heavy atom. The lowest BCUT2D eigenvalue weighted by molar-refractivity contribution is 0.0696. The van der Waals surface area contributed by atoms with Crippen molar-refractivity contribution in [1.29, 1.82) is 0 Å². The summed E-state index contributed by atoms with van der Waals surface area (Å²) in [5.41, 5.74) is -0.324. The summed E-state index contributed by atoms with van der Waals surface area (Å²) in [6, 6.07) is 4.59. The zero-order chi connectivity index (χ0) is 15.6. The average molecular weight is 375 g/mol. The Bertz CT molecular complexity index is 811. The van der Waals surface area contributed by atoms with Crippen LogP contribution in [0.3, 0.4) is 0 Å². The molecule has 2 N–H and O–H groups in total. The Hall–Kier alpha value is -2.00. The number of anilines is 1. The van der Waals surface area contributed by atoms with Gasteiger partial charge in [-0.15, -0.1) is 0 Å². The van der Waals surface area contributed by atoms with Crippen molar-refractivity contribution in [2.24, 2.45) is 0 Å². The molecule has 0 aliphatic rings. The highest BCUT2D eigenvalue weighted by Gasteiger charge is 2.20. The number of nitrogens with one attached hydrogen (secondary N) is 1. The van der Waals surface area contributed by atoms with Gasteiger partial charge in [0.1, 0.15) is 4.90 Å². The van der Waals surface area contributed by atoms with E-state index in [0.29, 0.717) is 0 Å². The van der Waals surface area contributed by atoms with E-state index in [1.54, 1.807) is 0 Å². The Labute approximate surface area is 127 Å². The van der Waals surface area contributed by atoms with Crippen LogP contribution in [0.15, 0.2) is 46.0 Å². The molecule has 21 heavy (non-hydrogen) atoms. The Morgan fingerprint density at radius 3 is 2.62 bits per heavy atom. The molecule has 0 atom stereocenters. The van der Waals surface area contributed by atoms with Crippen molar-refractivity contribution in [2.75, 3.05) is 4.72 Å². The molecule has 2 rings (SSSR count). The van der Waals surface area contributed by atoms with Gasteiger partial charge >= 0.3 is 5.97 Å². The summed E-state index contributed by atoms with van der Waals surface area (Å²) in [4.78, 5) is 14.1. The zero-order valence-electron chi connectivity index (χ0n) is 10.2. The lowest BCUT2D eigenvalue weighted by Gasteiger charge is -2.10. The molecular formula is C12H8BrFN2O4S. The van der Waals surface area contributed by atoms with Crippen LogP contribution in [0.5, 0.6) is 0 Å². The van der Waals surface area contributed by atoms with Crippen molar-refractivity contribution in [3.8, 4) is 0 Å². The van der Waals surface area contributed by atoms with Crippen molar-refractivity contribution in [2.45, 2.75) is 4.90 Å². The largest absolute Gasteiger partial charge is 0.478 e. The Balaban J connectivity index is 2.41. The van der Waals surface area contributed by atoms with Crippen LogP contribution in [0, 0.1) is 5.82 Å². The summed E-state index contributed by atoms with van der Waals surface area (Å²) in [5.74, 6) is -2.01. The predicted molar refractivity (Wildman–Crippen MR) is 76.1 cm³/mol. The number of sulfonamides is 1. The SMILES string of the molecule is O=C(O)c1ccc(S(=O)(=O)Nc2ccncc2F)c(Br)c1. The highest BCUT2D eigenvalue weighted by Crippen LogP contribution is 2.26. The highest BCUT2D eigenvalue weighted by molar-refractivity contribution is 9.10. The maximum absolute atomic E-state index is 13.4. The molecule has 1 aromatic carbocycles. The summed E-state index contributed by atoms with van der Waals surface area (Å²) >= 11 is 2.99. The van der Waals surface area contributed by atoms with Crippen molar-refractivity contribution in [3.63, 3.8) is 0 Å². The van der Waals surface area contributed by atoms with E-state index in [9.17, 15) is 17.6 Å². The lowest BCUT2D eigenvalue weighted by Crippen LogP contribution is -2.15. The van der Waals surface area contributed by atoms with Crippen LogP contribution < -0.4 is 4.72 Å². The molecule has 0 saturated heterocycles. The molecule has 9 heteroatoms. The average Bonchev–Trinajstić information content (AvgIpc) is 2.40. The molecule has 0 fully saturated rings. The topological polar surface area (TPSA) is 96.4 Å². The Morgan fingerprint density at radius 1 is 1.33 bits per heavy atom. The molecular weight excluding hydrogens is 367 g/mol. The van der Waals surface area contributed by atoms with Crippen molar-refractivity contribution >= 4 is 37.6 Å². The minimum atomic E-state index is -4.07. The number of aromatic nitrogens is 1. The van der Waals surface area contributed by atoms with Gasteiger partial charge in [-0.05, 0) is 40.2 Å². The molecule has 110 valence electrons. The fourth-order valence-electron chi connectivity index (χ4n) is 1.51. The van der Waals surface area contributed by atoms with Crippen molar-refractivity contribution in [1.82, 2.24) is 4.98 Å². The number of pyridine rings is 1. The monoisotopic (exact) mass is 374 g/mol. The van der Waals surface area contributed by atoms with Crippen LogP contribution in [-0.4, -0.2) is 24.5 Å². The van der Waals surface area contributed by atoms with E-state index in [-0.39, 0.29) is 20.6 Å². The van der Waals surface area contributed by atoms with Gasteiger partial charge in [-0.25, -0.2) is 17.6 Å². The summed E-state index contributed by atoms with van der Waals surface area (Å²) < 4.78 is 39.9. The number of hydrogen-bond acceptors (Lipinski definition) is 4. The van der Waals surface area contributed by atoms with Gasteiger partial charge < -0.3 is 5.11 Å². The van der Waals surface area contributed by atoms with Gasteiger partial charge in [-0.1, -0.05) is 0 Å². The second kappa shape index (κ2) is 5.78. The van der Waals surface area contributed by atoms with Crippen molar-refractivity contribution < 1.29 is 22.7 Å². The van der Waals surface area contributed by atoms with Crippen LogP contribution in [0.1, 0.15) is 10.4 Å². The molecule has 0 aliphatic heterocycles. The maximum Gasteiger partial charge on any atom is 0.335 e. The first-order valence-electron chi connectivity index (χ1n) is 5.46. The molecule has 0 bridgehead atoms. The van der Waals surface area contributed by atoms with Gasteiger partial charge in [0.25, 0.3) is 10.0 Å². The smallest absolute Gasteiger partial charge is 0.335 e. The summed E-state index contributed by atoms with van der Waals surface area (Å²) in [5, 5.41) is 8.83. The van der Waals surface area contributed by atoms with Crippen molar-refractivity contribution in [3.05, 3.63) is 52.5 Å². The van der Waals surface area contributed by atoms with E-state index < -0.39 is 21.8 Å². The minimum absolute atomic E-state index is 0.0596. The van der Waals surface area contributed by atoms with E-state index in [1.165, 1.54) is 12.3 Å². The number of aromatic carboxylic acids is 1. The quantitative estimate of drug-likeness (QED) is 0.856. The van der Waals surface area contributed by atoms with Gasteiger partial charge in [0, 0.05) is 10.7 Å². The third kappa shape index (κ3) is 3.37. The summed E-state index contributed by atoms with van der Waals surface area (Å²) in [7, 11) is -4.07. The van der Waals surface area contributed by atoms with E-state index in [1.807, 2.05) is 0 Å². The molecule has 0 spiro atoms. The normalized spacial score (nSPS) is 11.1. The standard InChI is InChI=1S/C12H8BrFN2O4S/c13-8-5-7(12(17)18)1-2-11(8)21(19,20)16-10-3-4-15-6-9(10)14/h1-6H,(H,15,16)(H,17,18). The Kier molecular flexibility index (Phi) is 4.24. The second-order valence-corrected chi connectivity index (χ2v) is 6.42. The van der Waals surface area contributed by atoms with Gasteiger partial charge in [0.15, 0.2) is 5.82 Å². The second-order valence-electron chi connectivity index (χ2n) is 3.91. The molecule has 0 radical (unpaired) electrons. The molecule has 0 aliphatic carbocycles. The van der Waals surface area contributed by atoms with Crippen LogP contribution in [0.2, 0.25) is 0 Å². The third-order valence-electron chi connectivity index (χ3n) is 2.49. The zero-order valence-corrected chi connectivity index (χ0v) is 12.6. The number of hydrogen-bond donors (Lipinski definition) is 2. The fourth-order valence-corrected chi connectivity index (χ4v) is 3.66. The first-order valence-corrected chi connectivity index (χ1v) is 7.74. The van der Waals surface area contributed by atoms with Gasteiger partial charge in [-0.3, -0.25) is 9.71 Å².